The molecule has 1 aliphatic rings. The maximum atomic E-state index is 12.7. The average Bonchev–Trinajstić information content (AvgIpc) is 2.71. The Kier molecular flexibility index (Phi) is 4.51. The van der Waals surface area contributed by atoms with Crippen LogP contribution in [0.15, 0.2) is 24.3 Å². The van der Waals surface area contributed by atoms with Crippen LogP contribution in [0, 0.1) is 5.82 Å². The number of halogens is 2. The van der Waals surface area contributed by atoms with Crippen molar-refractivity contribution in [1.82, 2.24) is 0 Å². The van der Waals surface area contributed by atoms with Gasteiger partial charge in [-0.3, -0.25) is 0 Å². The molecule has 0 aliphatic carbocycles. The van der Waals surface area contributed by atoms with Crippen LogP contribution in [0.4, 0.5) is 4.39 Å². The van der Waals surface area contributed by atoms with Crippen LogP contribution < -0.4 is 5.73 Å². The molecular formula is C11H15ClFNO. The molecule has 0 radical (unpaired) electrons. The number of hydrogen-bond donors (Lipinski definition) is 1. The first kappa shape index (κ1) is 12.4. The lowest BCUT2D eigenvalue weighted by molar-refractivity contribution is 0.0900. The molecule has 1 aromatic carbocycles. The Bertz CT molecular complexity index is 298. The summed E-state index contributed by atoms with van der Waals surface area (Å²) in [4.78, 5) is 0. The molecule has 0 amide bonds. The van der Waals surface area contributed by atoms with Gasteiger partial charge in [0.1, 0.15) is 5.82 Å². The Morgan fingerprint density at radius 3 is 2.53 bits per heavy atom. The molecule has 1 aromatic rings. The van der Waals surface area contributed by atoms with Gasteiger partial charge in [0, 0.05) is 6.61 Å². The molecule has 2 nitrogen and oxygen atoms in total. The topological polar surface area (TPSA) is 35.2 Å². The van der Waals surface area contributed by atoms with E-state index in [1.807, 2.05) is 0 Å². The van der Waals surface area contributed by atoms with E-state index in [1.165, 1.54) is 12.1 Å². The van der Waals surface area contributed by atoms with Crippen LogP contribution in [-0.2, 0) is 4.74 Å². The van der Waals surface area contributed by atoms with Crippen molar-refractivity contribution in [3.63, 3.8) is 0 Å². The fourth-order valence-corrected chi connectivity index (χ4v) is 1.79. The lowest BCUT2D eigenvalue weighted by Crippen LogP contribution is -2.25. The van der Waals surface area contributed by atoms with Crippen LogP contribution >= 0.6 is 12.4 Å². The van der Waals surface area contributed by atoms with Crippen molar-refractivity contribution >= 4 is 12.4 Å². The first-order chi connectivity index (χ1) is 6.77. The summed E-state index contributed by atoms with van der Waals surface area (Å²) in [6.07, 6.45) is 2.17. The molecule has 2 rings (SSSR count). The van der Waals surface area contributed by atoms with Crippen LogP contribution in [0.3, 0.4) is 0 Å². The highest BCUT2D eigenvalue weighted by atomic mass is 35.5. The van der Waals surface area contributed by atoms with E-state index >= 15 is 0 Å². The molecule has 0 spiro atoms. The minimum Gasteiger partial charge on any atom is -0.376 e. The fourth-order valence-electron chi connectivity index (χ4n) is 1.79. The Balaban J connectivity index is 0.00000112. The molecule has 0 aromatic heterocycles. The summed E-state index contributed by atoms with van der Waals surface area (Å²) in [6, 6.07) is 6.19. The first-order valence-corrected chi connectivity index (χ1v) is 4.90. The summed E-state index contributed by atoms with van der Waals surface area (Å²) in [7, 11) is 0. The van der Waals surface area contributed by atoms with E-state index in [1.54, 1.807) is 12.1 Å². The van der Waals surface area contributed by atoms with Crippen molar-refractivity contribution in [2.45, 2.75) is 25.0 Å². The standard InChI is InChI=1S/C11H14FNO.ClH/c12-9-5-3-8(4-6-9)11(13)10-2-1-7-14-10;/h3-6,10-11H,1-2,7,13H2;1H. The Morgan fingerprint density at radius 2 is 2.00 bits per heavy atom. The summed E-state index contributed by atoms with van der Waals surface area (Å²) in [6.45, 7) is 0.791. The number of ether oxygens (including phenoxy) is 1. The van der Waals surface area contributed by atoms with Crippen molar-refractivity contribution in [2.75, 3.05) is 6.61 Å². The monoisotopic (exact) mass is 231 g/mol. The van der Waals surface area contributed by atoms with Crippen molar-refractivity contribution in [1.29, 1.82) is 0 Å². The average molecular weight is 232 g/mol. The zero-order chi connectivity index (χ0) is 9.97. The van der Waals surface area contributed by atoms with Crippen LogP contribution in [0.1, 0.15) is 24.4 Å². The van der Waals surface area contributed by atoms with E-state index in [0.29, 0.717) is 0 Å². The second-order valence-corrected chi connectivity index (χ2v) is 3.63. The van der Waals surface area contributed by atoms with Gasteiger partial charge in [-0.2, -0.15) is 0 Å². The van der Waals surface area contributed by atoms with Crippen LogP contribution in [0.5, 0.6) is 0 Å². The number of hydrogen-bond acceptors (Lipinski definition) is 2. The number of benzene rings is 1. The van der Waals surface area contributed by atoms with E-state index in [9.17, 15) is 4.39 Å². The van der Waals surface area contributed by atoms with Gasteiger partial charge in [-0.15, -0.1) is 12.4 Å². The predicted molar refractivity (Wildman–Crippen MR) is 59.6 cm³/mol. The molecule has 1 fully saturated rings. The summed E-state index contributed by atoms with van der Waals surface area (Å²) < 4.78 is 18.1. The first-order valence-electron chi connectivity index (χ1n) is 4.90. The summed E-state index contributed by atoms with van der Waals surface area (Å²) in [5.41, 5.74) is 6.95. The van der Waals surface area contributed by atoms with Gasteiger partial charge in [0.2, 0.25) is 0 Å². The third kappa shape index (κ3) is 2.91. The molecule has 2 unspecified atom stereocenters. The molecule has 1 saturated heterocycles. The highest BCUT2D eigenvalue weighted by molar-refractivity contribution is 5.85. The molecule has 2 N–H and O–H groups in total. The molecule has 84 valence electrons. The maximum Gasteiger partial charge on any atom is 0.123 e. The lowest BCUT2D eigenvalue weighted by Gasteiger charge is -2.18. The fraction of sp³-hybridized carbons (Fsp3) is 0.455. The smallest absolute Gasteiger partial charge is 0.123 e. The highest BCUT2D eigenvalue weighted by Gasteiger charge is 2.23. The largest absolute Gasteiger partial charge is 0.376 e. The third-order valence-corrected chi connectivity index (χ3v) is 2.62. The quantitative estimate of drug-likeness (QED) is 0.849. The normalized spacial score (nSPS) is 22.1. The molecule has 4 heteroatoms. The van der Waals surface area contributed by atoms with Gasteiger partial charge in [0.05, 0.1) is 12.1 Å². The van der Waals surface area contributed by atoms with Crippen molar-refractivity contribution in [2.24, 2.45) is 5.73 Å². The molecule has 0 saturated carbocycles. The predicted octanol–water partition coefficient (Wildman–Crippen LogP) is 2.43. The molecular weight excluding hydrogens is 217 g/mol. The van der Waals surface area contributed by atoms with Crippen molar-refractivity contribution < 1.29 is 9.13 Å². The van der Waals surface area contributed by atoms with Crippen LogP contribution in [0.25, 0.3) is 0 Å². The van der Waals surface area contributed by atoms with E-state index in [4.69, 9.17) is 10.5 Å². The van der Waals surface area contributed by atoms with E-state index in [0.717, 1.165) is 25.0 Å². The molecule has 2 atom stereocenters. The lowest BCUT2D eigenvalue weighted by atomic mass is 10.0. The number of nitrogens with two attached hydrogens (primary N) is 1. The third-order valence-electron chi connectivity index (χ3n) is 2.62. The Hall–Kier alpha value is -0.640. The minimum atomic E-state index is -0.228. The Morgan fingerprint density at radius 1 is 1.33 bits per heavy atom. The SMILES string of the molecule is Cl.NC(c1ccc(F)cc1)C1CCCO1. The van der Waals surface area contributed by atoms with Gasteiger partial charge >= 0.3 is 0 Å². The highest BCUT2D eigenvalue weighted by Crippen LogP contribution is 2.24. The van der Waals surface area contributed by atoms with Gasteiger partial charge in [-0.05, 0) is 30.5 Å². The second kappa shape index (κ2) is 5.45. The van der Waals surface area contributed by atoms with Gasteiger partial charge in [-0.1, -0.05) is 12.1 Å². The van der Waals surface area contributed by atoms with Gasteiger partial charge in [-0.25, -0.2) is 4.39 Å². The summed E-state index contributed by atoms with van der Waals surface area (Å²) in [5, 5.41) is 0. The van der Waals surface area contributed by atoms with Gasteiger partial charge < -0.3 is 10.5 Å². The van der Waals surface area contributed by atoms with Crippen molar-refractivity contribution in [3.8, 4) is 0 Å². The van der Waals surface area contributed by atoms with E-state index < -0.39 is 0 Å². The zero-order valence-electron chi connectivity index (χ0n) is 8.36. The zero-order valence-corrected chi connectivity index (χ0v) is 9.17. The summed E-state index contributed by atoms with van der Waals surface area (Å²) >= 11 is 0. The Labute approximate surface area is 95.0 Å². The van der Waals surface area contributed by atoms with Crippen molar-refractivity contribution in [3.05, 3.63) is 35.6 Å². The van der Waals surface area contributed by atoms with Crippen LogP contribution in [-0.4, -0.2) is 12.7 Å². The van der Waals surface area contributed by atoms with Gasteiger partial charge in [0.15, 0.2) is 0 Å². The maximum absolute atomic E-state index is 12.7. The van der Waals surface area contributed by atoms with E-state index in [-0.39, 0.29) is 30.4 Å². The molecule has 15 heavy (non-hydrogen) atoms. The minimum absolute atomic E-state index is 0. The summed E-state index contributed by atoms with van der Waals surface area (Å²) in [5.74, 6) is -0.228. The number of rotatable bonds is 2. The van der Waals surface area contributed by atoms with E-state index in [2.05, 4.69) is 0 Å². The van der Waals surface area contributed by atoms with Crippen LogP contribution in [0.2, 0.25) is 0 Å². The molecule has 0 bridgehead atoms. The second-order valence-electron chi connectivity index (χ2n) is 3.63. The van der Waals surface area contributed by atoms with Gasteiger partial charge in [0.25, 0.3) is 0 Å². The molecule has 1 heterocycles. The molecule has 1 aliphatic heterocycles.